The molecule has 0 unspecified atom stereocenters. The monoisotopic (exact) mass is 406 g/mol. The standard InChI is InChI=1S/C20H30N4O3S/c1-21(2)18(25)15-22-8-4-9-23(13-12-22)19(26)16-6-10-24(11-7-16)20(27)17-5-3-14-28-17/h3,5,14,16H,4,6-13,15H2,1-2H3. The van der Waals surface area contributed by atoms with Crippen LogP contribution in [0.2, 0.25) is 0 Å². The molecule has 3 amide bonds. The van der Waals surface area contributed by atoms with Crippen molar-refractivity contribution in [3.63, 3.8) is 0 Å². The predicted octanol–water partition coefficient (Wildman–Crippen LogP) is 1.22. The molecule has 0 radical (unpaired) electrons. The van der Waals surface area contributed by atoms with Gasteiger partial charge in [-0.15, -0.1) is 11.3 Å². The molecule has 2 fully saturated rings. The highest BCUT2D eigenvalue weighted by Crippen LogP contribution is 2.23. The normalized spacial score (nSPS) is 19.4. The van der Waals surface area contributed by atoms with Gasteiger partial charge in [0, 0.05) is 59.3 Å². The van der Waals surface area contributed by atoms with Crippen LogP contribution in [0.15, 0.2) is 17.5 Å². The molecule has 28 heavy (non-hydrogen) atoms. The molecule has 0 spiro atoms. The van der Waals surface area contributed by atoms with Crippen LogP contribution in [-0.2, 0) is 9.59 Å². The molecule has 7 nitrogen and oxygen atoms in total. The van der Waals surface area contributed by atoms with Gasteiger partial charge in [-0.3, -0.25) is 19.3 Å². The molecule has 0 aromatic carbocycles. The molecule has 0 aliphatic carbocycles. The summed E-state index contributed by atoms with van der Waals surface area (Å²) in [6.07, 6.45) is 2.35. The van der Waals surface area contributed by atoms with Crippen LogP contribution >= 0.6 is 11.3 Å². The number of piperidine rings is 1. The van der Waals surface area contributed by atoms with Crippen molar-refractivity contribution in [1.82, 2.24) is 19.6 Å². The zero-order valence-electron chi connectivity index (χ0n) is 16.8. The summed E-state index contributed by atoms with van der Waals surface area (Å²) in [7, 11) is 3.54. The summed E-state index contributed by atoms with van der Waals surface area (Å²) in [5.74, 6) is 0.394. The Morgan fingerprint density at radius 3 is 2.43 bits per heavy atom. The van der Waals surface area contributed by atoms with E-state index in [0.717, 1.165) is 43.8 Å². The van der Waals surface area contributed by atoms with Gasteiger partial charge in [0.2, 0.25) is 11.8 Å². The predicted molar refractivity (Wildman–Crippen MR) is 109 cm³/mol. The van der Waals surface area contributed by atoms with Gasteiger partial charge in [-0.1, -0.05) is 6.07 Å². The lowest BCUT2D eigenvalue weighted by atomic mass is 9.95. The Morgan fingerprint density at radius 2 is 1.79 bits per heavy atom. The second-order valence-corrected chi connectivity index (χ2v) is 8.73. The second-order valence-electron chi connectivity index (χ2n) is 7.79. The van der Waals surface area contributed by atoms with Gasteiger partial charge >= 0.3 is 0 Å². The minimum absolute atomic E-state index is 0.00217. The van der Waals surface area contributed by atoms with Crippen molar-refractivity contribution < 1.29 is 14.4 Å². The fourth-order valence-corrected chi connectivity index (χ4v) is 4.52. The lowest BCUT2D eigenvalue weighted by molar-refractivity contribution is -0.136. The highest BCUT2D eigenvalue weighted by atomic mass is 32.1. The van der Waals surface area contributed by atoms with Crippen molar-refractivity contribution in [1.29, 1.82) is 0 Å². The van der Waals surface area contributed by atoms with Crippen LogP contribution in [-0.4, -0.2) is 97.2 Å². The first kappa shape index (κ1) is 20.8. The van der Waals surface area contributed by atoms with E-state index < -0.39 is 0 Å². The van der Waals surface area contributed by atoms with Gasteiger partial charge in [0.05, 0.1) is 11.4 Å². The average Bonchev–Trinajstić information content (AvgIpc) is 3.14. The molecule has 2 saturated heterocycles. The molecule has 0 N–H and O–H groups in total. The Kier molecular flexibility index (Phi) is 7.07. The highest BCUT2D eigenvalue weighted by Gasteiger charge is 2.31. The zero-order chi connectivity index (χ0) is 20.1. The minimum Gasteiger partial charge on any atom is -0.348 e. The number of carbonyl (C=O) groups excluding carboxylic acids is 3. The van der Waals surface area contributed by atoms with Crippen LogP contribution in [0.4, 0.5) is 0 Å². The maximum atomic E-state index is 13.0. The summed E-state index contributed by atoms with van der Waals surface area (Å²) in [5.41, 5.74) is 0. The molecular formula is C20H30N4O3S. The summed E-state index contributed by atoms with van der Waals surface area (Å²) < 4.78 is 0. The van der Waals surface area contributed by atoms with Gasteiger partial charge in [-0.05, 0) is 30.7 Å². The lowest BCUT2D eigenvalue weighted by Gasteiger charge is -2.34. The smallest absolute Gasteiger partial charge is 0.263 e. The Hall–Kier alpha value is -1.93. The molecule has 2 aliphatic heterocycles. The van der Waals surface area contributed by atoms with Crippen molar-refractivity contribution in [2.75, 3.05) is 59.9 Å². The molecule has 2 aliphatic rings. The lowest BCUT2D eigenvalue weighted by Crippen LogP contribution is -2.45. The maximum absolute atomic E-state index is 13.0. The molecule has 0 saturated carbocycles. The number of hydrogen-bond donors (Lipinski definition) is 0. The van der Waals surface area contributed by atoms with E-state index in [4.69, 9.17) is 0 Å². The number of nitrogens with zero attached hydrogens (tertiary/aromatic N) is 4. The van der Waals surface area contributed by atoms with Crippen LogP contribution in [0.1, 0.15) is 28.9 Å². The third-order valence-electron chi connectivity index (χ3n) is 5.62. The minimum atomic E-state index is 0.00217. The van der Waals surface area contributed by atoms with Crippen molar-refractivity contribution in [3.8, 4) is 0 Å². The van der Waals surface area contributed by atoms with Gasteiger partial charge in [0.25, 0.3) is 5.91 Å². The molecule has 0 bridgehead atoms. The van der Waals surface area contributed by atoms with Gasteiger partial charge in [-0.25, -0.2) is 0 Å². The molecule has 154 valence electrons. The first-order valence-electron chi connectivity index (χ1n) is 10.00. The van der Waals surface area contributed by atoms with Crippen molar-refractivity contribution in [2.45, 2.75) is 19.3 Å². The molecular weight excluding hydrogens is 376 g/mol. The van der Waals surface area contributed by atoms with Gasteiger partial charge in [0.15, 0.2) is 0 Å². The molecule has 3 rings (SSSR count). The number of carbonyl (C=O) groups is 3. The van der Waals surface area contributed by atoms with E-state index >= 15 is 0 Å². The van der Waals surface area contributed by atoms with Crippen molar-refractivity contribution in [3.05, 3.63) is 22.4 Å². The number of rotatable bonds is 4. The topological polar surface area (TPSA) is 64.2 Å². The van der Waals surface area contributed by atoms with Crippen molar-refractivity contribution in [2.24, 2.45) is 5.92 Å². The van der Waals surface area contributed by atoms with E-state index in [2.05, 4.69) is 4.90 Å². The second kappa shape index (κ2) is 9.52. The third kappa shape index (κ3) is 5.11. The molecule has 3 heterocycles. The number of likely N-dealkylation sites (tertiary alicyclic amines) is 1. The van der Waals surface area contributed by atoms with Gasteiger partial charge < -0.3 is 14.7 Å². The molecule has 1 aromatic rings. The van der Waals surface area contributed by atoms with Crippen LogP contribution in [0.25, 0.3) is 0 Å². The number of thiophene rings is 1. The highest BCUT2D eigenvalue weighted by molar-refractivity contribution is 7.12. The van der Waals surface area contributed by atoms with E-state index in [-0.39, 0.29) is 23.6 Å². The van der Waals surface area contributed by atoms with E-state index in [1.807, 2.05) is 27.3 Å². The molecule has 1 aromatic heterocycles. The quantitative estimate of drug-likeness (QED) is 0.754. The van der Waals surface area contributed by atoms with E-state index in [9.17, 15) is 14.4 Å². The summed E-state index contributed by atoms with van der Waals surface area (Å²) in [6.45, 7) is 4.71. The fraction of sp³-hybridized carbons (Fsp3) is 0.650. The van der Waals surface area contributed by atoms with Crippen LogP contribution < -0.4 is 0 Å². The van der Waals surface area contributed by atoms with Gasteiger partial charge in [-0.2, -0.15) is 0 Å². The van der Waals surface area contributed by atoms with Crippen LogP contribution in [0.3, 0.4) is 0 Å². The van der Waals surface area contributed by atoms with Gasteiger partial charge in [0.1, 0.15) is 0 Å². The Morgan fingerprint density at radius 1 is 1.04 bits per heavy atom. The van der Waals surface area contributed by atoms with E-state index in [1.54, 1.807) is 19.0 Å². The largest absolute Gasteiger partial charge is 0.348 e. The van der Waals surface area contributed by atoms with Crippen LogP contribution in [0, 0.1) is 5.92 Å². The summed E-state index contributed by atoms with van der Waals surface area (Å²) in [6, 6.07) is 3.75. The fourth-order valence-electron chi connectivity index (χ4n) is 3.83. The first-order chi connectivity index (χ1) is 13.5. The third-order valence-corrected chi connectivity index (χ3v) is 6.48. The van der Waals surface area contributed by atoms with Crippen molar-refractivity contribution >= 4 is 29.1 Å². The summed E-state index contributed by atoms with van der Waals surface area (Å²) in [5, 5.41) is 1.91. The SMILES string of the molecule is CN(C)C(=O)CN1CCCN(C(=O)C2CCN(C(=O)c3cccs3)CC2)CC1. The van der Waals surface area contributed by atoms with Crippen LogP contribution in [0.5, 0.6) is 0 Å². The maximum Gasteiger partial charge on any atom is 0.263 e. The first-order valence-corrected chi connectivity index (χ1v) is 10.9. The van der Waals surface area contributed by atoms with E-state index in [0.29, 0.717) is 26.2 Å². The average molecular weight is 407 g/mol. The summed E-state index contributed by atoms with van der Waals surface area (Å²) >= 11 is 1.46. The Labute approximate surface area is 170 Å². The Balaban J connectivity index is 1.47. The zero-order valence-corrected chi connectivity index (χ0v) is 17.6. The Bertz CT molecular complexity index is 684. The number of likely N-dealkylation sites (N-methyl/N-ethyl adjacent to an activating group) is 1. The molecule has 8 heteroatoms. The molecule has 0 atom stereocenters. The summed E-state index contributed by atoms with van der Waals surface area (Å²) in [4.78, 5) is 45.7. The number of amides is 3. The van der Waals surface area contributed by atoms with E-state index in [1.165, 1.54) is 11.3 Å². The number of hydrogen-bond acceptors (Lipinski definition) is 5.